The molecule has 0 radical (unpaired) electrons. The molecule has 218 valence electrons. The van der Waals surface area contributed by atoms with Gasteiger partial charge in [0.15, 0.2) is 0 Å². The Balaban J connectivity index is 1.89. The van der Waals surface area contributed by atoms with Crippen LogP contribution >= 0.6 is 0 Å². The fourth-order valence-electron chi connectivity index (χ4n) is 7.61. The number of amides is 3. The first-order chi connectivity index (χ1) is 18.9. The molecule has 4 rings (SSSR count). The summed E-state index contributed by atoms with van der Waals surface area (Å²) >= 11 is 0. The van der Waals surface area contributed by atoms with Crippen molar-refractivity contribution in [3.63, 3.8) is 0 Å². The van der Waals surface area contributed by atoms with E-state index in [-0.39, 0.29) is 36.8 Å². The number of nitrogens with zero attached hydrogens (tertiary/aromatic N) is 3. The van der Waals surface area contributed by atoms with Crippen molar-refractivity contribution in [3.05, 3.63) is 54.6 Å². The molecule has 3 heterocycles. The summed E-state index contributed by atoms with van der Waals surface area (Å²) < 4.78 is 6.89. The van der Waals surface area contributed by atoms with Gasteiger partial charge in [0, 0.05) is 25.3 Å². The molecule has 1 N–H and O–H groups in total. The van der Waals surface area contributed by atoms with Crippen molar-refractivity contribution >= 4 is 23.4 Å². The molecule has 3 fully saturated rings. The van der Waals surface area contributed by atoms with Gasteiger partial charge in [0.05, 0.1) is 30.1 Å². The van der Waals surface area contributed by atoms with Gasteiger partial charge in [-0.15, -0.1) is 13.2 Å². The van der Waals surface area contributed by atoms with Crippen molar-refractivity contribution in [2.75, 3.05) is 31.1 Å². The Morgan fingerprint density at radius 1 is 1.20 bits per heavy atom. The van der Waals surface area contributed by atoms with Gasteiger partial charge in [-0.3, -0.25) is 14.4 Å². The molecule has 8 heteroatoms. The number of ether oxygens (including phenoxy) is 1. The van der Waals surface area contributed by atoms with Gasteiger partial charge >= 0.3 is 0 Å². The summed E-state index contributed by atoms with van der Waals surface area (Å²) in [5, 5.41) is 10.2. The predicted octanol–water partition coefficient (Wildman–Crippen LogP) is 3.64. The lowest BCUT2D eigenvalue weighted by Gasteiger charge is -2.39. The van der Waals surface area contributed by atoms with Crippen molar-refractivity contribution in [1.82, 2.24) is 9.80 Å². The molecule has 3 aliphatic rings. The molecule has 40 heavy (non-hydrogen) atoms. The van der Waals surface area contributed by atoms with Crippen molar-refractivity contribution in [1.29, 1.82) is 0 Å². The van der Waals surface area contributed by atoms with Crippen LogP contribution in [0.3, 0.4) is 0 Å². The first-order valence-corrected chi connectivity index (χ1v) is 14.5. The molecular formula is C32H45N3O5. The topological polar surface area (TPSA) is 90.4 Å². The van der Waals surface area contributed by atoms with Crippen LogP contribution in [0.1, 0.15) is 51.7 Å². The third-order valence-electron chi connectivity index (χ3n) is 9.43. The molecule has 0 aliphatic carbocycles. The van der Waals surface area contributed by atoms with Crippen molar-refractivity contribution < 1.29 is 24.2 Å². The van der Waals surface area contributed by atoms with E-state index >= 15 is 0 Å². The van der Waals surface area contributed by atoms with Gasteiger partial charge in [-0.2, -0.15) is 0 Å². The van der Waals surface area contributed by atoms with E-state index in [0.29, 0.717) is 19.5 Å². The van der Waals surface area contributed by atoms with Gasteiger partial charge in [-0.05, 0) is 57.6 Å². The van der Waals surface area contributed by atoms with Crippen LogP contribution in [0, 0.1) is 31.6 Å². The van der Waals surface area contributed by atoms with Crippen LogP contribution < -0.4 is 4.90 Å². The number of aliphatic hydroxyl groups is 1. The van der Waals surface area contributed by atoms with Gasteiger partial charge in [-0.25, -0.2) is 0 Å². The summed E-state index contributed by atoms with van der Waals surface area (Å²) in [6, 6.07) is 4.24. The van der Waals surface area contributed by atoms with E-state index in [4.69, 9.17) is 4.74 Å². The van der Waals surface area contributed by atoms with E-state index in [9.17, 15) is 19.5 Å². The molecule has 3 amide bonds. The van der Waals surface area contributed by atoms with Crippen molar-refractivity contribution in [2.45, 2.75) is 77.7 Å². The van der Waals surface area contributed by atoms with E-state index in [2.05, 4.69) is 13.2 Å². The molecular weight excluding hydrogens is 506 g/mol. The highest BCUT2D eigenvalue weighted by Gasteiger charge is 2.80. The Morgan fingerprint density at radius 3 is 2.38 bits per heavy atom. The van der Waals surface area contributed by atoms with Crippen LogP contribution in [-0.4, -0.2) is 82.2 Å². The summed E-state index contributed by atoms with van der Waals surface area (Å²) in [6.45, 7) is 20.2. The largest absolute Gasteiger partial charge is 0.394 e. The second kappa shape index (κ2) is 11.1. The zero-order valence-electron chi connectivity index (χ0n) is 24.9. The minimum atomic E-state index is -1.19. The molecule has 1 aromatic carbocycles. The quantitative estimate of drug-likeness (QED) is 0.424. The average Bonchev–Trinajstić information content (AvgIpc) is 3.43. The van der Waals surface area contributed by atoms with Gasteiger partial charge in [-0.1, -0.05) is 44.2 Å². The first kappa shape index (κ1) is 30.0. The minimum absolute atomic E-state index is 0.0644. The Bertz CT molecular complexity index is 1180. The molecule has 2 bridgehead atoms. The van der Waals surface area contributed by atoms with Crippen LogP contribution in [-0.2, 0) is 19.1 Å². The lowest BCUT2D eigenvalue weighted by molar-refractivity contribution is -0.153. The van der Waals surface area contributed by atoms with Gasteiger partial charge in [0.2, 0.25) is 11.8 Å². The van der Waals surface area contributed by atoms with E-state index in [1.54, 1.807) is 28.9 Å². The van der Waals surface area contributed by atoms with Crippen LogP contribution in [0.25, 0.3) is 0 Å². The van der Waals surface area contributed by atoms with Crippen molar-refractivity contribution in [3.8, 4) is 0 Å². The molecule has 3 saturated heterocycles. The molecule has 8 nitrogen and oxygen atoms in total. The highest BCUT2D eigenvalue weighted by atomic mass is 16.5. The number of para-hydroxylation sites is 1. The average molecular weight is 552 g/mol. The number of rotatable bonds is 11. The smallest absolute Gasteiger partial charge is 0.253 e. The fraction of sp³-hybridized carbons (Fsp3) is 0.594. The highest BCUT2D eigenvalue weighted by Crippen LogP contribution is 2.65. The fourth-order valence-corrected chi connectivity index (χ4v) is 7.61. The number of aliphatic hydroxyl groups excluding tert-OH is 1. The second-order valence-corrected chi connectivity index (χ2v) is 12.0. The third-order valence-corrected chi connectivity index (χ3v) is 9.43. The summed E-state index contributed by atoms with van der Waals surface area (Å²) in [7, 11) is 0. The van der Waals surface area contributed by atoms with E-state index in [1.807, 2.05) is 52.8 Å². The number of hydrogen-bond donors (Lipinski definition) is 1. The van der Waals surface area contributed by atoms with Crippen molar-refractivity contribution in [2.24, 2.45) is 17.8 Å². The zero-order chi connectivity index (χ0) is 29.6. The van der Waals surface area contributed by atoms with Crippen LogP contribution in [0.5, 0.6) is 0 Å². The summed E-state index contributed by atoms with van der Waals surface area (Å²) in [5.41, 5.74) is 0.545. The second-order valence-electron chi connectivity index (χ2n) is 12.0. The number of carbonyl (C=O) groups excluding carboxylic acids is 3. The summed E-state index contributed by atoms with van der Waals surface area (Å²) in [6.07, 6.45) is 4.61. The van der Waals surface area contributed by atoms with Crippen LogP contribution in [0.2, 0.25) is 0 Å². The molecule has 1 spiro atoms. The first-order valence-electron chi connectivity index (χ1n) is 14.5. The van der Waals surface area contributed by atoms with E-state index in [1.165, 1.54) is 4.90 Å². The molecule has 3 aliphatic heterocycles. The van der Waals surface area contributed by atoms with E-state index in [0.717, 1.165) is 23.2 Å². The molecule has 0 saturated carbocycles. The SMILES string of the molecule is C=CCN(CCC)C(=O)[C@H]1[C@H]2C(=O)N([C@H](C)CO)C(C(=O)N(CC=C)c3c(C)cccc3C)C23CC(C)[C@]1(C)O3. The maximum absolute atomic E-state index is 14.8. The Morgan fingerprint density at radius 2 is 1.82 bits per heavy atom. The Kier molecular flexibility index (Phi) is 8.35. The minimum Gasteiger partial charge on any atom is -0.394 e. The maximum Gasteiger partial charge on any atom is 0.253 e. The molecule has 0 aromatic heterocycles. The standard InChI is InChI=1S/C32H45N3O5/c1-9-15-33(16-10-2)28(37)24-25-29(38)35(23(7)19-36)27(32(25)18-22(6)31(24,8)40-32)30(39)34(17-11-3)26-20(4)13-12-14-21(26)5/h9,11-14,22-25,27,36H,1,3,10,15-19H2,2,4-8H3/t22?,23-,24-,25+,27?,31+,32?/m1/s1. The van der Waals surface area contributed by atoms with Crippen LogP contribution in [0.4, 0.5) is 5.69 Å². The number of fused-ring (bicyclic) bond motifs is 1. The maximum atomic E-state index is 14.8. The highest BCUT2D eigenvalue weighted by molar-refractivity contribution is 6.06. The summed E-state index contributed by atoms with van der Waals surface area (Å²) in [4.78, 5) is 48.3. The normalized spacial score (nSPS) is 31.2. The van der Waals surface area contributed by atoms with E-state index < -0.39 is 35.1 Å². The molecule has 3 unspecified atom stereocenters. The number of aryl methyl sites for hydroxylation is 2. The number of benzene rings is 1. The monoisotopic (exact) mass is 551 g/mol. The number of carbonyl (C=O) groups is 3. The van der Waals surface area contributed by atoms with Gasteiger partial charge < -0.3 is 24.5 Å². The van der Waals surface area contributed by atoms with Gasteiger partial charge in [0.25, 0.3) is 5.91 Å². The molecule has 1 aromatic rings. The number of hydrogen-bond acceptors (Lipinski definition) is 5. The Hall–Kier alpha value is -2.97. The van der Waals surface area contributed by atoms with Crippen LogP contribution in [0.15, 0.2) is 43.5 Å². The lowest BCUT2D eigenvalue weighted by atomic mass is 9.62. The van der Waals surface area contributed by atoms with Gasteiger partial charge in [0.1, 0.15) is 11.6 Å². The third kappa shape index (κ3) is 4.31. The predicted molar refractivity (Wildman–Crippen MR) is 156 cm³/mol. The number of anilines is 1. The zero-order valence-corrected chi connectivity index (χ0v) is 24.9. The number of likely N-dealkylation sites (tertiary alicyclic amines) is 1. The lowest BCUT2D eigenvalue weighted by Crippen LogP contribution is -2.59. The Labute approximate surface area is 238 Å². The summed E-state index contributed by atoms with van der Waals surface area (Å²) in [5.74, 6) is -2.35. The molecule has 7 atom stereocenters.